The fourth-order valence-corrected chi connectivity index (χ4v) is 3.17. The molecule has 0 N–H and O–H groups in total. The molecule has 2 aromatic rings. The van der Waals surface area contributed by atoms with E-state index in [0.717, 1.165) is 17.0 Å². The van der Waals surface area contributed by atoms with Gasteiger partial charge in [-0.05, 0) is 32.1 Å². The summed E-state index contributed by atoms with van der Waals surface area (Å²) in [5.41, 5.74) is 3.53. The quantitative estimate of drug-likeness (QED) is 0.805. The molecule has 0 radical (unpaired) electrons. The molecule has 1 aromatic heterocycles. The highest BCUT2D eigenvalue weighted by Gasteiger charge is 2.21. The Hall–Kier alpha value is -2.63. The molecule has 1 aliphatic rings. The molecule has 0 spiro atoms. The van der Waals surface area contributed by atoms with Gasteiger partial charge in [-0.15, -0.1) is 0 Å². The van der Waals surface area contributed by atoms with E-state index in [1.165, 1.54) is 6.07 Å². The molecule has 0 aliphatic carbocycles. The van der Waals surface area contributed by atoms with Crippen LogP contribution < -0.4 is 4.90 Å². The minimum Gasteiger partial charge on any atom is -0.366 e. The Morgan fingerprint density at radius 2 is 1.84 bits per heavy atom. The normalized spacial score (nSPS) is 15.2. The van der Waals surface area contributed by atoms with E-state index in [1.807, 2.05) is 42.6 Å². The molecular formula is C19H23FN4O. The standard InChI is InChI=1S/C19H23FN4O/c1-14-16(15(2)22(3)21-14)8-9-19(25)24-12-10-23(11-13-24)18-7-5-4-6-17(18)20/h4-9H,10-13H2,1-3H3/b9-8+. The molecule has 0 unspecified atom stereocenters. The number of halogens is 1. The summed E-state index contributed by atoms with van der Waals surface area (Å²) in [5.74, 6) is -0.236. The van der Waals surface area contributed by atoms with E-state index in [1.54, 1.807) is 23.1 Å². The lowest BCUT2D eigenvalue weighted by atomic mass is 10.1. The Bertz CT molecular complexity index is 804. The van der Waals surface area contributed by atoms with Gasteiger partial charge in [0.05, 0.1) is 11.4 Å². The van der Waals surface area contributed by atoms with Crippen LogP contribution in [0.4, 0.5) is 10.1 Å². The average Bonchev–Trinajstić information content (AvgIpc) is 2.85. The number of piperazine rings is 1. The highest BCUT2D eigenvalue weighted by atomic mass is 19.1. The summed E-state index contributed by atoms with van der Waals surface area (Å²) >= 11 is 0. The lowest BCUT2D eigenvalue weighted by Crippen LogP contribution is -2.48. The maximum atomic E-state index is 13.9. The number of aryl methyl sites for hydroxylation is 2. The number of para-hydroxylation sites is 1. The lowest BCUT2D eigenvalue weighted by Gasteiger charge is -2.35. The molecule has 2 heterocycles. The van der Waals surface area contributed by atoms with Gasteiger partial charge in [-0.3, -0.25) is 9.48 Å². The lowest BCUT2D eigenvalue weighted by molar-refractivity contribution is -0.126. The van der Waals surface area contributed by atoms with E-state index >= 15 is 0 Å². The van der Waals surface area contributed by atoms with Crippen molar-refractivity contribution in [2.24, 2.45) is 7.05 Å². The molecule has 3 rings (SSSR count). The summed E-state index contributed by atoms with van der Waals surface area (Å²) in [4.78, 5) is 16.2. The van der Waals surface area contributed by atoms with Crippen molar-refractivity contribution >= 4 is 17.7 Å². The maximum absolute atomic E-state index is 13.9. The van der Waals surface area contributed by atoms with Crippen molar-refractivity contribution in [3.05, 3.63) is 53.1 Å². The van der Waals surface area contributed by atoms with Crippen molar-refractivity contribution in [3.8, 4) is 0 Å². The highest BCUT2D eigenvalue weighted by Crippen LogP contribution is 2.20. The van der Waals surface area contributed by atoms with E-state index in [2.05, 4.69) is 5.10 Å². The summed E-state index contributed by atoms with van der Waals surface area (Å²) in [6.07, 6.45) is 3.44. The summed E-state index contributed by atoms with van der Waals surface area (Å²) in [6.45, 7) is 6.35. The number of anilines is 1. The predicted octanol–water partition coefficient (Wildman–Crippen LogP) is 2.54. The number of carbonyl (C=O) groups excluding carboxylic acids is 1. The second-order valence-electron chi connectivity index (χ2n) is 6.31. The summed E-state index contributed by atoms with van der Waals surface area (Å²) in [5, 5.41) is 4.35. The Labute approximate surface area is 147 Å². The van der Waals surface area contributed by atoms with Crippen molar-refractivity contribution in [3.63, 3.8) is 0 Å². The summed E-state index contributed by atoms with van der Waals surface area (Å²) in [7, 11) is 1.89. The molecule has 0 bridgehead atoms. The molecule has 5 nitrogen and oxygen atoms in total. The molecule has 6 heteroatoms. The van der Waals surface area contributed by atoms with Crippen LogP contribution in [-0.4, -0.2) is 46.8 Å². The molecule has 132 valence electrons. The van der Waals surface area contributed by atoms with E-state index in [4.69, 9.17) is 0 Å². The average molecular weight is 342 g/mol. The molecule has 1 aliphatic heterocycles. The first-order valence-electron chi connectivity index (χ1n) is 8.44. The van der Waals surface area contributed by atoms with Crippen LogP contribution in [0.3, 0.4) is 0 Å². The van der Waals surface area contributed by atoms with Gasteiger partial charge in [-0.1, -0.05) is 12.1 Å². The van der Waals surface area contributed by atoms with Crippen LogP contribution in [0.2, 0.25) is 0 Å². The van der Waals surface area contributed by atoms with Gasteiger partial charge in [-0.2, -0.15) is 5.10 Å². The van der Waals surface area contributed by atoms with Crippen LogP contribution in [0.1, 0.15) is 17.0 Å². The van der Waals surface area contributed by atoms with Crippen molar-refractivity contribution in [1.82, 2.24) is 14.7 Å². The van der Waals surface area contributed by atoms with Crippen molar-refractivity contribution in [1.29, 1.82) is 0 Å². The largest absolute Gasteiger partial charge is 0.366 e. The molecule has 1 saturated heterocycles. The minimum atomic E-state index is -0.218. The number of benzene rings is 1. The zero-order valence-electron chi connectivity index (χ0n) is 14.9. The Kier molecular flexibility index (Phi) is 4.88. The van der Waals surface area contributed by atoms with Crippen LogP contribution in [-0.2, 0) is 11.8 Å². The first-order valence-corrected chi connectivity index (χ1v) is 8.44. The first kappa shape index (κ1) is 17.2. The third kappa shape index (κ3) is 3.57. The number of aromatic nitrogens is 2. The van der Waals surface area contributed by atoms with Crippen LogP contribution >= 0.6 is 0 Å². The molecule has 1 aromatic carbocycles. The van der Waals surface area contributed by atoms with Gasteiger partial charge in [0.15, 0.2) is 0 Å². The zero-order valence-corrected chi connectivity index (χ0v) is 14.9. The van der Waals surface area contributed by atoms with Crippen LogP contribution in [0.15, 0.2) is 30.3 Å². The van der Waals surface area contributed by atoms with E-state index < -0.39 is 0 Å². The fraction of sp³-hybridized carbons (Fsp3) is 0.368. The third-order valence-corrected chi connectivity index (χ3v) is 4.74. The summed E-state index contributed by atoms with van der Waals surface area (Å²) in [6, 6.07) is 6.76. The van der Waals surface area contributed by atoms with E-state index in [-0.39, 0.29) is 11.7 Å². The second kappa shape index (κ2) is 7.09. The van der Waals surface area contributed by atoms with Crippen molar-refractivity contribution in [2.75, 3.05) is 31.1 Å². The molecular weight excluding hydrogens is 319 g/mol. The molecule has 1 amide bonds. The van der Waals surface area contributed by atoms with Gasteiger partial charge in [0.1, 0.15) is 5.82 Å². The predicted molar refractivity (Wildman–Crippen MR) is 96.9 cm³/mol. The minimum absolute atomic E-state index is 0.0177. The monoisotopic (exact) mass is 342 g/mol. The Morgan fingerprint density at radius 3 is 2.44 bits per heavy atom. The van der Waals surface area contributed by atoms with E-state index in [9.17, 15) is 9.18 Å². The van der Waals surface area contributed by atoms with Gasteiger partial charge in [0.25, 0.3) is 0 Å². The topological polar surface area (TPSA) is 41.4 Å². The Balaban J connectivity index is 1.62. The van der Waals surface area contributed by atoms with Gasteiger partial charge in [0, 0.05) is 50.6 Å². The zero-order chi connectivity index (χ0) is 18.0. The SMILES string of the molecule is Cc1nn(C)c(C)c1/C=C/C(=O)N1CCN(c2ccccc2F)CC1. The second-order valence-corrected chi connectivity index (χ2v) is 6.31. The van der Waals surface area contributed by atoms with Gasteiger partial charge in [0.2, 0.25) is 5.91 Å². The number of rotatable bonds is 3. The molecule has 0 saturated carbocycles. The first-order chi connectivity index (χ1) is 12.0. The third-order valence-electron chi connectivity index (χ3n) is 4.74. The van der Waals surface area contributed by atoms with Crippen LogP contribution in [0.25, 0.3) is 6.08 Å². The van der Waals surface area contributed by atoms with Crippen LogP contribution in [0.5, 0.6) is 0 Å². The Morgan fingerprint density at radius 1 is 1.16 bits per heavy atom. The number of hydrogen-bond donors (Lipinski definition) is 0. The highest BCUT2D eigenvalue weighted by molar-refractivity contribution is 5.92. The molecule has 0 atom stereocenters. The van der Waals surface area contributed by atoms with Crippen molar-refractivity contribution < 1.29 is 9.18 Å². The summed E-state index contributed by atoms with van der Waals surface area (Å²) < 4.78 is 15.7. The van der Waals surface area contributed by atoms with Gasteiger partial charge in [-0.25, -0.2) is 4.39 Å². The fourth-order valence-electron chi connectivity index (χ4n) is 3.17. The van der Waals surface area contributed by atoms with Crippen molar-refractivity contribution in [2.45, 2.75) is 13.8 Å². The van der Waals surface area contributed by atoms with Gasteiger partial charge < -0.3 is 9.80 Å². The molecule has 25 heavy (non-hydrogen) atoms. The number of nitrogens with zero attached hydrogens (tertiary/aromatic N) is 4. The number of hydrogen-bond acceptors (Lipinski definition) is 3. The van der Waals surface area contributed by atoms with Crippen LogP contribution in [0, 0.1) is 19.7 Å². The van der Waals surface area contributed by atoms with E-state index in [0.29, 0.717) is 31.9 Å². The molecule has 1 fully saturated rings. The number of amides is 1. The smallest absolute Gasteiger partial charge is 0.246 e. The maximum Gasteiger partial charge on any atom is 0.246 e. The van der Waals surface area contributed by atoms with Gasteiger partial charge >= 0.3 is 0 Å². The number of carbonyl (C=O) groups is 1.